The molecule has 194 valence electrons. The van der Waals surface area contributed by atoms with Crippen molar-refractivity contribution in [3.05, 3.63) is 96.1 Å². The molecule has 2 aliphatic heterocycles. The summed E-state index contributed by atoms with van der Waals surface area (Å²) in [6, 6.07) is 29.4. The van der Waals surface area contributed by atoms with Crippen molar-refractivity contribution in [1.29, 1.82) is 0 Å². The van der Waals surface area contributed by atoms with Crippen molar-refractivity contribution >= 4 is 11.6 Å². The van der Waals surface area contributed by atoms with Crippen LogP contribution in [-0.4, -0.2) is 68.6 Å². The van der Waals surface area contributed by atoms with Gasteiger partial charge in [0.05, 0.1) is 13.0 Å². The molecule has 3 unspecified atom stereocenters. The largest absolute Gasteiger partial charge is 0.497 e. The van der Waals surface area contributed by atoms with Gasteiger partial charge in [0, 0.05) is 57.4 Å². The second-order valence-corrected chi connectivity index (χ2v) is 10.4. The van der Waals surface area contributed by atoms with Crippen molar-refractivity contribution in [3.8, 4) is 5.75 Å². The van der Waals surface area contributed by atoms with Gasteiger partial charge in [0.1, 0.15) is 5.75 Å². The molecule has 0 bridgehead atoms. The highest BCUT2D eigenvalue weighted by Crippen LogP contribution is 2.37. The van der Waals surface area contributed by atoms with Gasteiger partial charge < -0.3 is 14.5 Å². The van der Waals surface area contributed by atoms with Crippen molar-refractivity contribution < 1.29 is 9.53 Å². The number of ether oxygens (including phenoxy) is 1. The third-order valence-electron chi connectivity index (χ3n) is 8.17. The fourth-order valence-corrected chi connectivity index (χ4v) is 6.10. The van der Waals surface area contributed by atoms with E-state index >= 15 is 0 Å². The molecule has 3 aromatic carbocycles. The Morgan fingerprint density at radius 3 is 2.27 bits per heavy atom. The van der Waals surface area contributed by atoms with Gasteiger partial charge in [-0.2, -0.15) is 0 Å². The second-order valence-electron chi connectivity index (χ2n) is 10.4. The maximum Gasteiger partial charge on any atom is 0.230 e. The van der Waals surface area contributed by atoms with Crippen molar-refractivity contribution in [3.63, 3.8) is 0 Å². The van der Waals surface area contributed by atoms with Gasteiger partial charge in [-0.05, 0) is 47.7 Å². The first-order valence-electron chi connectivity index (χ1n) is 13.7. The van der Waals surface area contributed by atoms with Gasteiger partial charge in [0.25, 0.3) is 0 Å². The van der Waals surface area contributed by atoms with Gasteiger partial charge in [-0.1, -0.05) is 67.6 Å². The predicted octanol–water partition coefficient (Wildman–Crippen LogP) is 5.25. The Kier molecular flexibility index (Phi) is 8.10. The van der Waals surface area contributed by atoms with Crippen LogP contribution < -0.4 is 9.64 Å². The molecule has 0 aromatic heterocycles. The van der Waals surface area contributed by atoms with Crippen molar-refractivity contribution in [2.24, 2.45) is 5.92 Å². The maximum absolute atomic E-state index is 13.8. The van der Waals surface area contributed by atoms with E-state index in [4.69, 9.17) is 4.74 Å². The minimum absolute atomic E-state index is 0.0830. The van der Waals surface area contributed by atoms with Gasteiger partial charge in [0.15, 0.2) is 0 Å². The van der Waals surface area contributed by atoms with Crippen LogP contribution in [0.15, 0.2) is 84.9 Å². The number of carbonyl (C=O) groups is 1. The molecule has 5 heteroatoms. The van der Waals surface area contributed by atoms with E-state index in [0.717, 1.165) is 63.5 Å². The lowest BCUT2D eigenvalue weighted by atomic mass is 9.88. The molecule has 2 heterocycles. The highest BCUT2D eigenvalue weighted by atomic mass is 16.5. The molecule has 0 radical (unpaired) electrons. The Hall–Kier alpha value is -3.31. The Labute approximate surface area is 221 Å². The number of likely N-dealkylation sites (tertiary alicyclic amines) is 1. The zero-order chi connectivity index (χ0) is 25.6. The quantitative estimate of drug-likeness (QED) is 0.426. The van der Waals surface area contributed by atoms with Crippen LogP contribution in [0, 0.1) is 5.92 Å². The number of amides is 1. The van der Waals surface area contributed by atoms with Crippen LogP contribution in [0.4, 0.5) is 5.69 Å². The number of nitrogens with zero attached hydrogens (tertiary/aromatic N) is 3. The highest BCUT2D eigenvalue weighted by Gasteiger charge is 2.39. The summed E-state index contributed by atoms with van der Waals surface area (Å²) < 4.78 is 5.54. The maximum atomic E-state index is 13.8. The van der Waals surface area contributed by atoms with Crippen LogP contribution in [0.3, 0.4) is 0 Å². The number of hydrogen-bond acceptors (Lipinski definition) is 4. The summed E-state index contributed by atoms with van der Waals surface area (Å²) in [5, 5.41) is 0. The number of benzene rings is 3. The Morgan fingerprint density at radius 1 is 0.892 bits per heavy atom. The summed E-state index contributed by atoms with van der Waals surface area (Å²) in [5.41, 5.74) is 3.70. The lowest BCUT2D eigenvalue weighted by molar-refractivity contribution is -0.132. The molecule has 0 saturated carbocycles. The third kappa shape index (κ3) is 5.83. The van der Waals surface area contributed by atoms with Gasteiger partial charge in [-0.25, -0.2) is 0 Å². The minimum atomic E-state index is -0.0830. The lowest BCUT2D eigenvalue weighted by Gasteiger charge is -2.38. The molecular formula is C32H39N3O2. The molecule has 5 nitrogen and oxygen atoms in total. The van der Waals surface area contributed by atoms with Crippen LogP contribution in [-0.2, 0) is 4.79 Å². The van der Waals surface area contributed by atoms with E-state index in [2.05, 4.69) is 82.3 Å². The molecule has 2 aliphatic rings. The van der Waals surface area contributed by atoms with E-state index in [0.29, 0.717) is 11.8 Å². The molecule has 5 rings (SSSR count). The molecule has 0 N–H and O–H groups in total. The first kappa shape index (κ1) is 25.3. The number of methoxy groups -OCH3 is 1. The molecule has 3 aromatic rings. The predicted molar refractivity (Wildman–Crippen MR) is 150 cm³/mol. The van der Waals surface area contributed by atoms with Crippen LogP contribution in [0.1, 0.15) is 36.3 Å². The molecule has 0 aliphatic carbocycles. The smallest absolute Gasteiger partial charge is 0.230 e. The topological polar surface area (TPSA) is 36.0 Å². The van der Waals surface area contributed by atoms with E-state index < -0.39 is 0 Å². The van der Waals surface area contributed by atoms with E-state index in [1.54, 1.807) is 7.11 Å². The number of rotatable bonds is 8. The number of anilines is 1. The number of piperazine rings is 1. The zero-order valence-corrected chi connectivity index (χ0v) is 22.1. The first-order chi connectivity index (χ1) is 18.2. The molecule has 1 amide bonds. The Bertz CT molecular complexity index is 1140. The second kappa shape index (κ2) is 11.8. The van der Waals surface area contributed by atoms with Crippen molar-refractivity contribution in [2.45, 2.75) is 25.2 Å². The van der Waals surface area contributed by atoms with Crippen molar-refractivity contribution in [1.82, 2.24) is 9.80 Å². The van der Waals surface area contributed by atoms with Crippen LogP contribution in [0.5, 0.6) is 5.75 Å². The summed E-state index contributed by atoms with van der Waals surface area (Å²) in [6.45, 7) is 8.88. The normalized spacial score (nSPS) is 21.1. The third-order valence-corrected chi connectivity index (χ3v) is 8.17. The number of para-hydroxylation sites is 1. The molecule has 0 spiro atoms. The van der Waals surface area contributed by atoms with Crippen LogP contribution in [0.2, 0.25) is 0 Å². The molecule has 2 saturated heterocycles. The summed E-state index contributed by atoms with van der Waals surface area (Å²) in [5.74, 6) is 1.76. The van der Waals surface area contributed by atoms with Crippen LogP contribution >= 0.6 is 0 Å². The lowest BCUT2D eigenvalue weighted by Crippen LogP contribution is -2.48. The number of carbonyl (C=O) groups excluding carboxylic acids is 1. The average Bonchev–Trinajstić information content (AvgIpc) is 3.38. The SMILES string of the molecule is CCC(C(=O)N1CC(CN2CCN(c3ccccc3)CC2)C(c2cccc(OC)c2)C1)c1ccccc1. The molecule has 37 heavy (non-hydrogen) atoms. The van der Waals surface area contributed by atoms with E-state index in [1.165, 1.54) is 11.3 Å². The molecule has 2 fully saturated rings. The van der Waals surface area contributed by atoms with E-state index in [9.17, 15) is 4.79 Å². The summed E-state index contributed by atoms with van der Waals surface area (Å²) in [6.07, 6.45) is 0.815. The monoisotopic (exact) mass is 497 g/mol. The van der Waals surface area contributed by atoms with Gasteiger partial charge in [-0.15, -0.1) is 0 Å². The van der Waals surface area contributed by atoms with Gasteiger partial charge >= 0.3 is 0 Å². The fourth-order valence-electron chi connectivity index (χ4n) is 6.10. The summed E-state index contributed by atoms with van der Waals surface area (Å²) in [4.78, 5) is 21.0. The molecular weight excluding hydrogens is 458 g/mol. The fraction of sp³-hybridized carbons (Fsp3) is 0.406. The highest BCUT2D eigenvalue weighted by molar-refractivity contribution is 5.84. The standard InChI is InChI=1S/C32H39N3O2/c1-3-30(25-11-6-4-7-12-25)32(36)35-23-27(31(24-35)26-13-10-16-29(21-26)37-2)22-33-17-19-34(20-18-33)28-14-8-5-9-15-28/h4-16,21,27,30-31H,3,17-20,22-24H2,1-2H3. The van der Waals surface area contributed by atoms with Gasteiger partial charge in [-0.3, -0.25) is 9.69 Å². The Morgan fingerprint density at radius 2 is 1.59 bits per heavy atom. The van der Waals surface area contributed by atoms with Gasteiger partial charge in [0.2, 0.25) is 5.91 Å². The summed E-state index contributed by atoms with van der Waals surface area (Å²) >= 11 is 0. The zero-order valence-electron chi connectivity index (χ0n) is 22.1. The average molecular weight is 498 g/mol. The first-order valence-corrected chi connectivity index (χ1v) is 13.7. The minimum Gasteiger partial charge on any atom is -0.497 e. The molecule has 3 atom stereocenters. The van der Waals surface area contributed by atoms with E-state index in [1.807, 2.05) is 24.3 Å². The number of hydrogen-bond donors (Lipinski definition) is 0. The van der Waals surface area contributed by atoms with Crippen molar-refractivity contribution in [2.75, 3.05) is 57.8 Å². The van der Waals surface area contributed by atoms with Crippen LogP contribution in [0.25, 0.3) is 0 Å². The summed E-state index contributed by atoms with van der Waals surface area (Å²) in [7, 11) is 1.72. The van der Waals surface area contributed by atoms with E-state index in [-0.39, 0.29) is 11.8 Å². The Balaban J connectivity index is 1.31.